The first kappa shape index (κ1) is 24.7. The Morgan fingerprint density at radius 2 is 1.02 bits per heavy atom. The molecule has 0 atom stereocenters. The molecule has 1 aliphatic heterocycles. The molecule has 2 aromatic carbocycles. The highest BCUT2D eigenvalue weighted by Crippen LogP contribution is 2.23. The SMILES string of the molecule is Cn1c(-c2ccc(/C=N\N3CCN(/N=C/c4ccc(-c5c[n+]6ccsc6n5C)cc4)CC3)cc2)c[n+]2ccsc12. The molecule has 0 radical (unpaired) electrons. The van der Waals surface area contributed by atoms with Crippen molar-refractivity contribution in [1.29, 1.82) is 0 Å². The van der Waals surface area contributed by atoms with Gasteiger partial charge in [0.25, 0.3) is 0 Å². The van der Waals surface area contributed by atoms with Crippen LogP contribution in [0.4, 0.5) is 0 Å². The van der Waals surface area contributed by atoms with Gasteiger partial charge in [-0.3, -0.25) is 10.0 Å². The summed E-state index contributed by atoms with van der Waals surface area (Å²) in [5, 5.41) is 17.9. The summed E-state index contributed by atoms with van der Waals surface area (Å²) in [5.41, 5.74) is 7.03. The van der Waals surface area contributed by atoms with E-state index in [0.717, 1.165) is 37.3 Å². The van der Waals surface area contributed by atoms with Gasteiger partial charge in [-0.25, -0.2) is 9.13 Å². The molecule has 5 heterocycles. The van der Waals surface area contributed by atoms with Gasteiger partial charge in [-0.15, -0.1) is 0 Å². The summed E-state index contributed by atoms with van der Waals surface area (Å²) in [4.78, 5) is 2.45. The Balaban J connectivity index is 0.927. The molecular formula is C30H30N8S2+2. The maximum absolute atomic E-state index is 4.73. The lowest BCUT2D eigenvalue weighted by molar-refractivity contribution is -0.505. The monoisotopic (exact) mass is 566 g/mol. The number of piperazine rings is 1. The third kappa shape index (κ3) is 4.69. The standard InChI is InChI=1S/C30H30N8S2/c1-33-27(21-35-15-17-39-29(33)35)25-7-3-23(4-8-25)19-31-37-11-13-38(14-12-37)32-20-24-5-9-26(10-6-24)28-22-36-16-18-40-30(36)34(28)2/h3-10,15-22H,11-14H2,1-2H3/q+2/b31-19-,32-20+. The second kappa shape index (κ2) is 10.4. The predicted octanol–water partition coefficient (Wildman–Crippen LogP) is 4.28. The predicted molar refractivity (Wildman–Crippen MR) is 162 cm³/mol. The van der Waals surface area contributed by atoms with Crippen molar-refractivity contribution in [1.82, 2.24) is 19.2 Å². The Hall–Kier alpha value is -4.28. The zero-order chi connectivity index (χ0) is 27.1. The average Bonchev–Trinajstić information content (AvgIpc) is 3.77. The molecule has 0 bridgehead atoms. The molecule has 0 N–H and O–H groups in total. The summed E-state index contributed by atoms with van der Waals surface area (Å²) in [6.45, 7) is 3.41. The molecule has 4 aromatic heterocycles. The van der Waals surface area contributed by atoms with Crippen molar-refractivity contribution < 1.29 is 8.80 Å². The molecule has 0 spiro atoms. The Labute approximate surface area is 240 Å². The van der Waals surface area contributed by atoms with Gasteiger partial charge < -0.3 is 0 Å². The van der Waals surface area contributed by atoms with Crippen LogP contribution in [0.15, 0.2) is 94.3 Å². The van der Waals surface area contributed by atoms with Gasteiger partial charge in [0.1, 0.15) is 24.8 Å². The molecule has 40 heavy (non-hydrogen) atoms. The number of imidazole rings is 2. The average molecular weight is 567 g/mol. The largest absolute Gasteiger partial charge is 0.345 e. The normalized spacial score (nSPS) is 14.6. The van der Waals surface area contributed by atoms with Gasteiger partial charge in [-0.05, 0) is 35.4 Å². The van der Waals surface area contributed by atoms with E-state index in [0.29, 0.717) is 0 Å². The minimum Gasteiger partial charge on any atom is -0.293 e. The minimum absolute atomic E-state index is 0.852. The third-order valence-electron chi connectivity index (χ3n) is 7.44. The molecule has 0 saturated carbocycles. The van der Waals surface area contributed by atoms with Crippen molar-refractivity contribution in [2.45, 2.75) is 0 Å². The number of nitrogens with zero attached hydrogens (tertiary/aromatic N) is 8. The van der Waals surface area contributed by atoms with Gasteiger partial charge in [-0.2, -0.15) is 19.0 Å². The van der Waals surface area contributed by atoms with Crippen molar-refractivity contribution in [2.24, 2.45) is 24.3 Å². The summed E-state index contributed by atoms with van der Waals surface area (Å²) in [5.74, 6) is 0. The molecule has 1 aliphatic rings. The molecule has 0 unspecified atom stereocenters. The van der Waals surface area contributed by atoms with Gasteiger partial charge in [0.15, 0.2) is 11.4 Å². The highest BCUT2D eigenvalue weighted by atomic mass is 32.1. The summed E-state index contributed by atoms with van der Waals surface area (Å²) in [6.07, 6.45) is 12.5. The van der Waals surface area contributed by atoms with Crippen LogP contribution < -0.4 is 8.80 Å². The maximum atomic E-state index is 4.73. The molecule has 0 amide bonds. The lowest BCUT2D eigenvalue weighted by atomic mass is 10.1. The number of aryl methyl sites for hydroxylation is 2. The fourth-order valence-electron chi connectivity index (χ4n) is 5.14. The number of hydrogen-bond donors (Lipinski definition) is 0. The van der Waals surface area contributed by atoms with E-state index >= 15 is 0 Å². The van der Waals surface area contributed by atoms with Crippen molar-refractivity contribution >= 4 is 45.0 Å². The van der Waals surface area contributed by atoms with Crippen LogP contribution in [0.25, 0.3) is 32.4 Å². The molecule has 8 nitrogen and oxygen atoms in total. The van der Waals surface area contributed by atoms with Crippen LogP contribution in [0, 0.1) is 0 Å². The van der Waals surface area contributed by atoms with Crippen LogP contribution in [0.1, 0.15) is 11.1 Å². The van der Waals surface area contributed by atoms with E-state index in [-0.39, 0.29) is 0 Å². The number of hydrogen-bond acceptors (Lipinski definition) is 6. The fraction of sp³-hybridized carbons (Fsp3) is 0.200. The Morgan fingerprint density at radius 1 is 0.625 bits per heavy atom. The maximum Gasteiger partial charge on any atom is 0.345 e. The van der Waals surface area contributed by atoms with E-state index in [1.54, 1.807) is 22.7 Å². The number of rotatable bonds is 6. The quantitative estimate of drug-likeness (QED) is 0.223. The van der Waals surface area contributed by atoms with Crippen molar-refractivity contribution in [3.8, 4) is 22.5 Å². The molecule has 0 aliphatic carbocycles. The second-order valence-electron chi connectivity index (χ2n) is 9.97. The summed E-state index contributed by atoms with van der Waals surface area (Å²) >= 11 is 3.49. The number of hydrazone groups is 2. The summed E-state index contributed by atoms with van der Waals surface area (Å²) in [7, 11) is 4.23. The summed E-state index contributed by atoms with van der Waals surface area (Å²) in [6, 6.07) is 17.2. The number of aromatic nitrogens is 4. The van der Waals surface area contributed by atoms with Crippen molar-refractivity contribution in [3.05, 3.63) is 95.2 Å². The van der Waals surface area contributed by atoms with Gasteiger partial charge in [0, 0.05) is 21.9 Å². The summed E-state index contributed by atoms with van der Waals surface area (Å²) < 4.78 is 8.80. The molecular weight excluding hydrogens is 537 g/mol. The topological polar surface area (TPSA) is 49.3 Å². The van der Waals surface area contributed by atoms with E-state index < -0.39 is 0 Å². The Bertz CT molecular complexity index is 1690. The second-order valence-corrected chi connectivity index (χ2v) is 11.7. The molecule has 6 aromatic rings. The lowest BCUT2D eigenvalue weighted by Crippen LogP contribution is -2.41. The van der Waals surface area contributed by atoms with Crippen LogP contribution in [-0.4, -0.2) is 57.8 Å². The Kier molecular flexibility index (Phi) is 6.41. The van der Waals surface area contributed by atoms with Crippen LogP contribution >= 0.6 is 22.7 Å². The molecule has 7 rings (SSSR count). The van der Waals surface area contributed by atoms with E-state index in [1.807, 2.05) is 12.4 Å². The van der Waals surface area contributed by atoms with Gasteiger partial charge in [-0.1, -0.05) is 46.9 Å². The molecule has 10 heteroatoms. The first-order chi connectivity index (χ1) is 19.6. The van der Waals surface area contributed by atoms with Crippen LogP contribution in [-0.2, 0) is 14.1 Å². The lowest BCUT2D eigenvalue weighted by Gasteiger charge is -2.31. The first-order valence-corrected chi connectivity index (χ1v) is 15.1. The zero-order valence-electron chi connectivity index (χ0n) is 22.5. The minimum atomic E-state index is 0.852. The Morgan fingerprint density at radius 3 is 1.40 bits per heavy atom. The number of fused-ring (bicyclic) bond motifs is 2. The van der Waals surface area contributed by atoms with Gasteiger partial charge in [0.05, 0.1) is 52.7 Å². The van der Waals surface area contributed by atoms with E-state index in [2.05, 4.69) is 126 Å². The van der Waals surface area contributed by atoms with E-state index in [1.165, 1.54) is 32.4 Å². The van der Waals surface area contributed by atoms with Crippen LogP contribution in [0.2, 0.25) is 0 Å². The van der Waals surface area contributed by atoms with Gasteiger partial charge in [0.2, 0.25) is 0 Å². The highest BCUT2D eigenvalue weighted by Gasteiger charge is 2.18. The fourth-order valence-corrected chi connectivity index (χ4v) is 6.75. The molecule has 1 saturated heterocycles. The smallest absolute Gasteiger partial charge is 0.293 e. The number of thiazole rings is 2. The van der Waals surface area contributed by atoms with E-state index in [9.17, 15) is 0 Å². The zero-order valence-corrected chi connectivity index (χ0v) is 24.1. The first-order valence-electron chi connectivity index (χ1n) is 13.3. The van der Waals surface area contributed by atoms with Crippen LogP contribution in [0.5, 0.6) is 0 Å². The molecule has 200 valence electrons. The third-order valence-corrected chi connectivity index (χ3v) is 9.34. The number of benzene rings is 2. The van der Waals surface area contributed by atoms with Crippen molar-refractivity contribution in [3.63, 3.8) is 0 Å². The molecule has 1 fully saturated rings. The highest BCUT2D eigenvalue weighted by molar-refractivity contribution is 7.14. The van der Waals surface area contributed by atoms with Gasteiger partial charge >= 0.3 is 9.92 Å². The van der Waals surface area contributed by atoms with Crippen LogP contribution in [0.3, 0.4) is 0 Å². The van der Waals surface area contributed by atoms with Crippen molar-refractivity contribution in [2.75, 3.05) is 26.2 Å². The van der Waals surface area contributed by atoms with E-state index in [4.69, 9.17) is 10.2 Å².